The molecule has 0 heterocycles. The van der Waals surface area contributed by atoms with Gasteiger partial charge in [0.2, 0.25) is 5.91 Å². The molecule has 1 N–H and O–H groups in total. The van der Waals surface area contributed by atoms with Crippen molar-refractivity contribution in [2.45, 2.75) is 19.4 Å². The Bertz CT molecular complexity index is 578. The molecule has 0 saturated heterocycles. The van der Waals surface area contributed by atoms with Gasteiger partial charge in [0, 0.05) is 18.9 Å². The van der Waals surface area contributed by atoms with Crippen molar-refractivity contribution >= 4 is 11.7 Å². The van der Waals surface area contributed by atoms with E-state index in [-0.39, 0.29) is 24.2 Å². The van der Waals surface area contributed by atoms with E-state index in [9.17, 15) is 9.59 Å². The zero-order valence-corrected chi connectivity index (χ0v) is 11.4. The zero-order chi connectivity index (χ0) is 14.4. The quantitative estimate of drug-likeness (QED) is 0.846. The van der Waals surface area contributed by atoms with Crippen molar-refractivity contribution in [3.8, 4) is 0 Å². The molecule has 3 nitrogen and oxygen atoms in total. The highest BCUT2D eigenvalue weighted by Gasteiger charge is 2.17. The van der Waals surface area contributed by atoms with Crippen LogP contribution in [-0.2, 0) is 4.79 Å². The summed E-state index contributed by atoms with van der Waals surface area (Å²) < 4.78 is 0. The van der Waals surface area contributed by atoms with E-state index in [4.69, 9.17) is 0 Å². The van der Waals surface area contributed by atoms with E-state index < -0.39 is 0 Å². The molecule has 0 saturated carbocycles. The molecule has 2 aromatic carbocycles. The predicted octanol–water partition coefficient (Wildman–Crippen LogP) is 3.14. The topological polar surface area (TPSA) is 46.2 Å². The van der Waals surface area contributed by atoms with Gasteiger partial charge in [-0.1, -0.05) is 60.7 Å². The molecule has 0 unspecified atom stereocenters. The first kappa shape index (κ1) is 14.0. The summed E-state index contributed by atoms with van der Waals surface area (Å²) in [5.41, 5.74) is 1.60. The molecule has 0 aliphatic heterocycles. The van der Waals surface area contributed by atoms with E-state index in [1.807, 2.05) is 48.5 Å². The van der Waals surface area contributed by atoms with Crippen molar-refractivity contribution in [1.82, 2.24) is 5.32 Å². The van der Waals surface area contributed by atoms with Gasteiger partial charge in [-0.25, -0.2) is 0 Å². The number of benzene rings is 2. The number of amides is 1. The lowest BCUT2D eigenvalue weighted by Gasteiger charge is -2.17. The molecule has 0 aromatic heterocycles. The molecular weight excluding hydrogens is 250 g/mol. The highest BCUT2D eigenvalue weighted by molar-refractivity contribution is 5.96. The lowest BCUT2D eigenvalue weighted by Crippen LogP contribution is -2.28. The first-order valence-electron chi connectivity index (χ1n) is 6.57. The molecule has 0 radical (unpaired) electrons. The Morgan fingerprint density at radius 3 is 2.05 bits per heavy atom. The first-order chi connectivity index (χ1) is 9.66. The van der Waals surface area contributed by atoms with E-state index in [0.717, 1.165) is 5.56 Å². The van der Waals surface area contributed by atoms with Crippen LogP contribution < -0.4 is 5.32 Å². The van der Waals surface area contributed by atoms with Gasteiger partial charge in [-0.05, 0) is 5.56 Å². The Morgan fingerprint density at radius 2 is 1.50 bits per heavy atom. The SMILES string of the molecule is CC(=O)N[C@@H](CC(=O)c1ccccc1)c1ccccc1. The van der Waals surface area contributed by atoms with E-state index in [1.165, 1.54) is 6.92 Å². The number of Topliss-reactive ketones (excluding diaryl/α,β-unsaturated/α-hetero) is 1. The molecule has 0 aliphatic carbocycles. The molecule has 0 spiro atoms. The predicted molar refractivity (Wildman–Crippen MR) is 78.4 cm³/mol. The van der Waals surface area contributed by atoms with Crippen LogP contribution >= 0.6 is 0 Å². The summed E-state index contributed by atoms with van der Waals surface area (Å²) >= 11 is 0. The van der Waals surface area contributed by atoms with Crippen molar-refractivity contribution in [2.75, 3.05) is 0 Å². The molecule has 3 heteroatoms. The smallest absolute Gasteiger partial charge is 0.217 e. The van der Waals surface area contributed by atoms with Gasteiger partial charge in [0.25, 0.3) is 0 Å². The normalized spacial score (nSPS) is 11.7. The van der Waals surface area contributed by atoms with Crippen LogP contribution in [0, 0.1) is 0 Å². The summed E-state index contributed by atoms with van der Waals surface area (Å²) in [7, 11) is 0. The van der Waals surface area contributed by atoms with Crippen LogP contribution in [0.15, 0.2) is 60.7 Å². The maximum absolute atomic E-state index is 12.3. The summed E-state index contributed by atoms with van der Waals surface area (Å²) in [6.45, 7) is 1.46. The number of nitrogens with one attached hydrogen (secondary N) is 1. The second-order valence-electron chi connectivity index (χ2n) is 4.66. The van der Waals surface area contributed by atoms with Crippen LogP contribution in [0.4, 0.5) is 0 Å². The number of hydrogen-bond acceptors (Lipinski definition) is 2. The highest BCUT2D eigenvalue weighted by Crippen LogP contribution is 2.19. The molecule has 0 fully saturated rings. The first-order valence-corrected chi connectivity index (χ1v) is 6.57. The Kier molecular flexibility index (Phi) is 4.66. The molecule has 2 rings (SSSR count). The van der Waals surface area contributed by atoms with Crippen LogP contribution in [-0.4, -0.2) is 11.7 Å². The summed E-state index contributed by atoms with van der Waals surface area (Å²) in [4.78, 5) is 23.6. The van der Waals surface area contributed by atoms with E-state index in [1.54, 1.807) is 12.1 Å². The van der Waals surface area contributed by atoms with E-state index in [0.29, 0.717) is 5.56 Å². The summed E-state index contributed by atoms with van der Waals surface area (Å²) in [6.07, 6.45) is 0.258. The maximum atomic E-state index is 12.3. The standard InChI is InChI=1S/C17H17NO2/c1-13(19)18-16(14-8-4-2-5-9-14)12-17(20)15-10-6-3-7-11-15/h2-11,16H,12H2,1H3,(H,18,19)/t16-/m0/s1. The minimum Gasteiger partial charge on any atom is -0.349 e. The third kappa shape index (κ3) is 3.79. The van der Waals surface area contributed by atoms with Gasteiger partial charge in [-0.3, -0.25) is 9.59 Å². The van der Waals surface area contributed by atoms with Crippen LogP contribution in [0.5, 0.6) is 0 Å². The number of rotatable bonds is 5. The van der Waals surface area contributed by atoms with Crippen LogP contribution in [0.25, 0.3) is 0 Å². The number of hydrogen-bond donors (Lipinski definition) is 1. The fraction of sp³-hybridized carbons (Fsp3) is 0.176. The van der Waals surface area contributed by atoms with E-state index >= 15 is 0 Å². The largest absolute Gasteiger partial charge is 0.349 e. The third-order valence-electron chi connectivity index (χ3n) is 3.06. The third-order valence-corrected chi connectivity index (χ3v) is 3.06. The number of carbonyl (C=O) groups excluding carboxylic acids is 2. The van der Waals surface area contributed by atoms with Crippen LogP contribution in [0.3, 0.4) is 0 Å². The molecule has 102 valence electrons. The number of carbonyl (C=O) groups is 2. The Morgan fingerprint density at radius 1 is 0.950 bits per heavy atom. The number of ketones is 1. The minimum atomic E-state index is -0.290. The van der Waals surface area contributed by atoms with Crippen molar-refractivity contribution in [1.29, 1.82) is 0 Å². The molecule has 0 bridgehead atoms. The highest BCUT2D eigenvalue weighted by atomic mass is 16.1. The molecule has 20 heavy (non-hydrogen) atoms. The van der Waals surface area contributed by atoms with Gasteiger partial charge in [-0.2, -0.15) is 0 Å². The Labute approximate surface area is 118 Å². The van der Waals surface area contributed by atoms with Crippen molar-refractivity contribution in [3.05, 3.63) is 71.8 Å². The van der Waals surface area contributed by atoms with Gasteiger partial charge in [0.1, 0.15) is 0 Å². The second kappa shape index (κ2) is 6.66. The fourth-order valence-corrected chi connectivity index (χ4v) is 2.11. The van der Waals surface area contributed by atoms with Gasteiger partial charge in [0.15, 0.2) is 5.78 Å². The lowest BCUT2D eigenvalue weighted by atomic mass is 9.98. The van der Waals surface area contributed by atoms with Gasteiger partial charge in [0.05, 0.1) is 6.04 Å². The Balaban J connectivity index is 2.16. The average Bonchev–Trinajstić information content (AvgIpc) is 2.48. The molecule has 0 aliphatic rings. The molecule has 1 atom stereocenters. The van der Waals surface area contributed by atoms with Gasteiger partial charge < -0.3 is 5.32 Å². The maximum Gasteiger partial charge on any atom is 0.217 e. The molecular formula is C17H17NO2. The summed E-state index contributed by atoms with van der Waals surface area (Å²) in [5, 5.41) is 2.84. The Hall–Kier alpha value is -2.42. The van der Waals surface area contributed by atoms with Crippen LogP contribution in [0.2, 0.25) is 0 Å². The average molecular weight is 267 g/mol. The van der Waals surface area contributed by atoms with Crippen molar-refractivity contribution in [3.63, 3.8) is 0 Å². The molecule has 2 aromatic rings. The molecule has 1 amide bonds. The van der Waals surface area contributed by atoms with E-state index in [2.05, 4.69) is 5.32 Å². The zero-order valence-electron chi connectivity index (χ0n) is 11.4. The second-order valence-corrected chi connectivity index (χ2v) is 4.66. The monoisotopic (exact) mass is 267 g/mol. The van der Waals surface area contributed by atoms with Gasteiger partial charge >= 0.3 is 0 Å². The fourth-order valence-electron chi connectivity index (χ4n) is 2.11. The van der Waals surface area contributed by atoms with Crippen molar-refractivity contribution < 1.29 is 9.59 Å². The van der Waals surface area contributed by atoms with Crippen LogP contribution in [0.1, 0.15) is 35.3 Å². The summed E-state index contributed by atoms with van der Waals surface area (Å²) in [6, 6.07) is 18.4. The minimum absolute atomic E-state index is 0.0215. The lowest BCUT2D eigenvalue weighted by molar-refractivity contribution is -0.119. The summed E-state index contributed by atoms with van der Waals surface area (Å²) in [5.74, 6) is -0.118. The van der Waals surface area contributed by atoms with Crippen molar-refractivity contribution in [2.24, 2.45) is 0 Å². The van der Waals surface area contributed by atoms with Gasteiger partial charge in [-0.15, -0.1) is 0 Å².